The second-order valence-electron chi connectivity index (χ2n) is 3.76. The van der Waals surface area contributed by atoms with E-state index >= 15 is 0 Å². The number of halogens is 1. The van der Waals surface area contributed by atoms with Crippen LogP contribution >= 0.6 is 11.6 Å². The number of amides is 1. The van der Waals surface area contributed by atoms with E-state index in [1.54, 1.807) is 30.3 Å². The number of anilines is 3. The molecule has 2 rings (SSSR count). The number of rotatable bonds is 3. The topological polar surface area (TPSA) is 81.1 Å². The van der Waals surface area contributed by atoms with Gasteiger partial charge in [0, 0.05) is 10.7 Å². The standard InChI is InChI=1S/C13H12ClN3O/c14-8-4-6-9(7-5-8)17-11-3-1-2-10(12(11)15)13(16)18/h1-7,17H,15H2,(H2,16,18). The molecule has 0 bridgehead atoms. The first-order valence-electron chi connectivity index (χ1n) is 5.29. The van der Waals surface area contributed by atoms with Gasteiger partial charge in [-0.05, 0) is 36.4 Å². The van der Waals surface area contributed by atoms with Crippen molar-refractivity contribution in [3.8, 4) is 0 Å². The van der Waals surface area contributed by atoms with Crippen molar-refractivity contribution in [2.75, 3.05) is 11.1 Å². The van der Waals surface area contributed by atoms with Crippen LogP contribution in [0.3, 0.4) is 0 Å². The lowest BCUT2D eigenvalue weighted by Gasteiger charge is -2.11. The Bertz CT molecular complexity index is 581. The molecule has 0 saturated carbocycles. The van der Waals surface area contributed by atoms with Gasteiger partial charge < -0.3 is 16.8 Å². The number of benzene rings is 2. The molecule has 0 radical (unpaired) electrons. The van der Waals surface area contributed by atoms with Crippen LogP contribution in [0.25, 0.3) is 0 Å². The van der Waals surface area contributed by atoms with E-state index in [1.165, 1.54) is 0 Å². The van der Waals surface area contributed by atoms with E-state index in [9.17, 15) is 4.79 Å². The van der Waals surface area contributed by atoms with Crippen LogP contribution in [-0.4, -0.2) is 5.91 Å². The second kappa shape index (κ2) is 4.98. The highest BCUT2D eigenvalue weighted by Gasteiger charge is 2.09. The lowest BCUT2D eigenvalue weighted by atomic mass is 10.1. The van der Waals surface area contributed by atoms with Gasteiger partial charge in [0.1, 0.15) is 0 Å². The van der Waals surface area contributed by atoms with E-state index in [4.69, 9.17) is 23.1 Å². The smallest absolute Gasteiger partial charge is 0.250 e. The van der Waals surface area contributed by atoms with E-state index in [1.807, 2.05) is 12.1 Å². The molecule has 0 aromatic heterocycles. The highest BCUT2D eigenvalue weighted by molar-refractivity contribution is 6.30. The molecular formula is C13H12ClN3O. The summed E-state index contributed by atoms with van der Waals surface area (Å²) in [5.41, 5.74) is 13.2. The quantitative estimate of drug-likeness (QED) is 0.743. The number of para-hydroxylation sites is 1. The van der Waals surface area contributed by atoms with Gasteiger partial charge in [0.25, 0.3) is 5.91 Å². The van der Waals surface area contributed by atoms with Crippen molar-refractivity contribution in [1.82, 2.24) is 0 Å². The molecule has 5 heteroatoms. The average Bonchev–Trinajstić information content (AvgIpc) is 2.34. The van der Waals surface area contributed by atoms with Gasteiger partial charge in [0.15, 0.2) is 0 Å². The number of primary amides is 1. The third kappa shape index (κ3) is 2.55. The predicted octanol–water partition coefficient (Wildman–Crippen LogP) is 2.76. The van der Waals surface area contributed by atoms with Gasteiger partial charge in [-0.15, -0.1) is 0 Å². The van der Waals surface area contributed by atoms with Crippen molar-refractivity contribution in [2.24, 2.45) is 5.73 Å². The zero-order valence-corrected chi connectivity index (χ0v) is 10.2. The average molecular weight is 262 g/mol. The fourth-order valence-electron chi connectivity index (χ4n) is 1.58. The van der Waals surface area contributed by atoms with Gasteiger partial charge in [-0.1, -0.05) is 17.7 Å². The first-order chi connectivity index (χ1) is 8.58. The number of hydrogen-bond acceptors (Lipinski definition) is 3. The van der Waals surface area contributed by atoms with Gasteiger partial charge >= 0.3 is 0 Å². The molecule has 5 N–H and O–H groups in total. The minimum atomic E-state index is -0.549. The number of nitrogen functional groups attached to an aromatic ring is 1. The zero-order chi connectivity index (χ0) is 13.1. The minimum absolute atomic E-state index is 0.300. The lowest BCUT2D eigenvalue weighted by molar-refractivity contribution is 0.100. The Morgan fingerprint density at radius 1 is 1.11 bits per heavy atom. The van der Waals surface area contributed by atoms with Crippen LogP contribution in [0, 0.1) is 0 Å². The zero-order valence-electron chi connectivity index (χ0n) is 9.48. The SMILES string of the molecule is NC(=O)c1cccc(Nc2ccc(Cl)cc2)c1N. The van der Waals surface area contributed by atoms with E-state index < -0.39 is 5.91 Å². The summed E-state index contributed by atoms with van der Waals surface area (Å²) in [6.45, 7) is 0. The fourth-order valence-corrected chi connectivity index (χ4v) is 1.70. The first-order valence-corrected chi connectivity index (χ1v) is 5.66. The van der Waals surface area contributed by atoms with E-state index in [2.05, 4.69) is 5.32 Å². The highest BCUT2D eigenvalue weighted by atomic mass is 35.5. The van der Waals surface area contributed by atoms with Crippen LogP contribution < -0.4 is 16.8 Å². The summed E-state index contributed by atoms with van der Waals surface area (Å²) < 4.78 is 0. The largest absolute Gasteiger partial charge is 0.396 e. The van der Waals surface area contributed by atoms with Crippen molar-refractivity contribution in [2.45, 2.75) is 0 Å². The van der Waals surface area contributed by atoms with Crippen LogP contribution in [0.2, 0.25) is 5.02 Å². The molecular weight excluding hydrogens is 250 g/mol. The molecule has 0 heterocycles. The Balaban J connectivity index is 2.32. The molecule has 0 aliphatic carbocycles. The second-order valence-corrected chi connectivity index (χ2v) is 4.20. The first kappa shape index (κ1) is 12.3. The maximum atomic E-state index is 11.2. The normalized spacial score (nSPS) is 10.1. The monoisotopic (exact) mass is 261 g/mol. The van der Waals surface area contributed by atoms with E-state index in [-0.39, 0.29) is 0 Å². The number of nitrogens with one attached hydrogen (secondary N) is 1. The molecule has 0 aliphatic rings. The molecule has 0 atom stereocenters. The van der Waals surface area contributed by atoms with Crippen molar-refractivity contribution in [3.05, 3.63) is 53.1 Å². The summed E-state index contributed by atoms with van der Waals surface area (Å²) in [5.74, 6) is -0.549. The summed E-state index contributed by atoms with van der Waals surface area (Å²) in [6.07, 6.45) is 0. The molecule has 2 aromatic rings. The molecule has 0 aliphatic heterocycles. The van der Waals surface area contributed by atoms with Crippen LogP contribution in [0.4, 0.5) is 17.1 Å². The Morgan fingerprint density at radius 3 is 2.39 bits per heavy atom. The molecule has 92 valence electrons. The highest BCUT2D eigenvalue weighted by Crippen LogP contribution is 2.26. The number of carbonyl (C=O) groups excluding carboxylic acids is 1. The van der Waals surface area contributed by atoms with Crippen LogP contribution in [0.1, 0.15) is 10.4 Å². The molecule has 0 spiro atoms. The van der Waals surface area contributed by atoms with Crippen LogP contribution in [0.15, 0.2) is 42.5 Å². The van der Waals surface area contributed by atoms with Crippen molar-refractivity contribution >= 4 is 34.6 Å². The van der Waals surface area contributed by atoms with Gasteiger partial charge in [0.2, 0.25) is 0 Å². The molecule has 18 heavy (non-hydrogen) atoms. The van der Waals surface area contributed by atoms with Gasteiger partial charge in [0.05, 0.1) is 16.9 Å². The molecule has 0 saturated heterocycles. The molecule has 2 aromatic carbocycles. The van der Waals surface area contributed by atoms with E-state index in [0.717, 1.165) is 5.69 Å². The van der Waals surface area contributed by atoms with E-state index in [0.29, 0.717) is 22.0 Å². The van der Waals surface area contributed by atoms with Crippen molar-refractivity contribution in [3.63, 3.8) is 0 Å². The van der Waals surface area contributed by atoms with Crippen molar-refractivity contribution < 1.29 is 4.79 Å². The molecule has 4 nitrogen and oxygen atoms in total. The van der Waals surface area contributed by atoms with Crippen LogP contribution in [-0.2, 0) is 0 Å². The molecule has 0 unspecified atom stereocenters. The summed E-state index contributed by atoms with van der Waals surface area (Å²) in [6, 6.07) is 12.2. The fraction of sp³-hybridized carbons (Fsp3) is 0. The number of carbonyl (C=O) groups is 1. The Hall–Kier alpha value is -2.20. The van der Waals surface area contributed by atoms with Gasteiger partial charge in [-0.2, -0.15) is 0 Å². The predicted molar refractivity (Wildman–Crippen MR) is 74.1 cm³/mol. The summed E-state index contributed by atoms with van der Waals surface area (Å²) in [4.78, 5) is 11.2. The van der Waals surface area contributed by atoms with Crippen LogP contribution in [0.5, 0.6) is 0 Å². The molecule has 1 amide bonds. The van der Waals surface area contributed by atoms with Gasteiger partial charge in [-0.25, -0.2) is 0 Å². The maximum absolute atomic E-state index is 11.2. The minimum Gasteiger partial charge on any atom is -0.396 e. The Labute approximate surface area is 110 Å². The third-order valence-corrected chi connectivity index (χ3v) is 2.75. The third-order valence-electron chi connectivity index (χ3n) is 2.49. The Kier molecular flexibility index (Phi) is 3.39. The summed E-state index contributed by atoms with van der Waals surface area (Å²) in [7, 11) is 0. The summed E-state index contributed by atoms with van der Waals surface area (Å²) in [5, 5.41) is 3.76. The number of nitrogens with two attached hydrogens (primary N) is 2. The Morgan fingerprint density at radius 2 is 1.78 bits per heavy atom. The summed E-state index contributed by atoms with van der Waals surface area (Å²) >= 11 is 5.80. The van der Waals surface area contributed by atoms with Crippen molar-refractivity contribution in [1.29, 1.82) is 0 Å². The molecule has 0 fully saturated rings. The number of hydrogen-bond donors (Lipinski definition) is 3. The maximum Gasteiger partial charge on any atom is 0.250 e. The van der Waals surface area contributed by atoms with Gasteiger partial charge in [-0.3, -0.25) is 4.79 Å². The lowest BCUT2D eigenvalue weighted by Crippen LogP contribution is -2.14.